The topological polar surface area (TPSA) is 209 Å². The molecule has 80 heavy (non-hydrogen) atoms. The normalized spacial score (nSPS) is 37.7. The number of allylic oxidation sites excluding steroid dienone is 6. The fourth-order valence-corrected chi connectivity index (χ4v) is 13.0. The van der Waals surface area contributed by atoms with Gasteiger partial charge in [0.05, 0.1) is 37.6 Å². The average Bonchev–Trinajstić information content (AvgIpc) is 3.40. The van der Waals surface area contributed by atoms with Gasteiger partial charge in [-0.05, 0) is 147 Å². The van der Waals surface area contributed by atoms with Gasteiger partial charge in [0.25, 0.3) is 11.7 Å². The minimum atomic E-state index is -2.45. The van der Waals surface area contributed by atoms with Gasteiger partial charge < -0.3 is 52.3 Å². The number of hydrogen-bond donors (Lipinski definition) is 1. The van der Waals surface area contributed by atoms with E-state index in [1.165, 1.54) is 12.0 Å². The predicted molar refractivity (Wildman–Crippen MR) is 305 cm³/mol. The highest BCUT2D eigenvalue weighted by atomic mass is 28.4. The first-order valence-electron chi connectivity index (χ1n) is 29.4. The van der Waals surface area contributed by atoms with Crippen molar-refractivity contribution < 1.29 is 76.2 Å². The second-order valence-corrected chi connectivity index (χ2v) is 30.2. The van der Waals surface area contributed by atoms with E-state index in [4.69, 9.17) is 42.3 Å². The lowest BCUT2D eigenvalue weighted by molar-refractivity contribution is -0.283. The molecule has 4 fully saturated rings. The largest absolute Gasteiger partial charge is 0.460 e. The Morgan fingerprint density at radius 1 is 0.812 bits per heavy atom. The molecule has 15 atom stereocenters. The number of Topliss-reactive ketones (excluding diaryl/α,β-unsaturated/α-hetero) is 3. The third-order valence-electron chi connectivity index (χ3n) is 17.1. The third kappa shape index (κ3) is 17.9. The first kappa shape index (κ1) is 67.1. The molecule has 1 N–H and O–H groups in total. The van der Waals surface area contributed by atoms with Gasteiger partial charge >= 0.3 is 11.9 Å². The average molecular weight is 1140 g/mol. The zero-order valence-electron chi connectivity index (χ0n) is 51.2. The van der Waals surface area contributed by atoms with Crippen LogP contribution in [-0.4, -0.2) is 155 Å². The summed E-state index contributed by atoms with van der Waals surface area (Å²) in [4.78, 5) is 87.6. The highest BCUT2D eigenvalue weighted by molar-refractivity contribution is 6.69. The van der Waals surface area contributed by atoms with Crippen LogP contribution in [0.3, 0.4) is 0 Å². The van der Waals surface area contributed by atoms with E-state index in [1.807, 2.05) is 83.8 Å². The summed E-state index contributed by atoms with van der Waals surface area (Å²) < 4.78 is 55.0. The number of ketones is 3. The summed E-state index contributed by atoms with van der Waals surface area (Å²) in [7, 11) is 2.36. The number of methoxy groups -OCH3 is 3. The van der Waals surface area contributed by atoms with Crippen LogP contribution in [0.4, 0.5) is 0 Å². The quantitative estimate of drug-likeness (QED) is 0.0710. The zero-order valence-corrected chi connectivity index (χ0v) is 52.2. The maximum atomic E-state index is 14.8. The molecule has 5 aliphatic rings. The van der Waals surface area contributed by atoms with E-state index < -0.39 is 115 Å². The molecular weight excluding hydrogens is 1040 g/mol. The fraction of sp³-hybridized carbons (Fsp3) is 0.774. The van der Waals surface area contributed by atoms with Crippen molar-refractivity contribution in [1.29, 1.82) is 0 Å². The molecule has 0 spiro atoms. The lowest BCUT2D eigenvalue weighted by Crippen LogP contribution is -2.61. The Morgan fingerprint density at radius 3 is 2.14 bits per heavy atom. The number of carbonyl (C=O) groups excluding carboxylic acids is 6. The van der Waals surface area contributed by atoms with E-state index in [9.17, 15) is 33.9 Å². The number of nitrogens with zero attached hydrogens (tertiary/aromatic N) is 1. The monoisotopic (exact) mass is 1140 g/mol. The number of rotatable bonds is 10. The number of hydrogen-bond acceptors (Lipinski definition) is 16. The summed E-state index contributed by atoms with van der Waals surface area (Å²) in [6.45, 7) is 25.0. The van der Waals surface area contributed by atoms with Crippen LogP contribution in [0.15, 0.2) is 47.6 Å². The van der Waals surface area contributed by atoms with Gasteiger partial charge in [0, 0.05) is 58.5 Å². The number of piperidine rings is 1. The molecule has 0 unspecified atom stereocenters. The lowest BCUT2D eigenvalue weighted by atomic mass is 9.78. The molecular formula is C62H99NO16Si. The van der Waals surface area contributed by atoms with Crippen LogP contribution in [0.2, 0.25) is 19.6 Å². The Balaban J connectivity index is 1.48. The number of aliphatic hydroxyl groups is 1. The Bertz CT molecular complexity index is 2260. The van der Waals surface area contributed by atoms with Crippen LogP contribution >= 0.6 is 0 Å². The molecule has 3 saturated heterocycles. The van der Waals surface area contributed by atoms with Crippen molar-refractivity contribution >= 4 is 43.5 Å². The summed E-state index contributed by atoms with van der Waals surface area (Å²) >= 11 is 0. The summed E-state index contributed by atoms with van der Waals surface area (Å²) in [6.07, 6.45) is 12.0. The second-order valence-electron chi connectivity index (χ2n) is 25.7. The van der Waals surface area contributed by atoms with Gasteiger partial charge in [0.15, 0.2) is 19.9 Å². The molecule has 4 heterocycles. The first-order valence-corrected chi connectivity index (χ1v) is 32.8. The van der Waals surface area contributed by atoms with Gasteiger partial charge in [-0.15, -0.1) is 0 Å². The summed E-state index contributed by atoms with van der Waals surface area (Å²) in [5, 5.41) is 12.1. The van der Waals surface area contributed by atoms with Gasteiger partial charge in [-0.2, -0.15) is 0 Å². The van der Waals surface area contributed by atoms with Crippen molar-refractivity contribution in [3.8, 4) is 0 Å². The molecule has 1 saturated carbocycles. The van der Waals surface area contributed by atoms with Crippen molar-refractivity contribution in [3.05, 3.63) is 47.6 Å². The first-order chi connectivity index (χ1) is 37.5. The highest BCUT2D eigenvalue weighted by Gasteiger charge is 2.53. The number of amides is 1. The van der Waals surface area contributed by atoms with Crippen LogP contribution in [-0.2, 0) is 71.1 Å². The Morgan fingerprint density at radius 2 is 1.50 bits per heavy atom. The van der Waals surface area contributed by atoms with Crippen LogP contribution in [0, 0.1) is 40.9 Å². The number of ether oxygens (including phenoxy) is 8. The molecule has 17 nitrogen and oxygen atoms in total. The van der Waals surface area contributed by atoms with E-state index in [2.05, 4.69) is 6.92 Å². The summed E-state index contributed by atoms with van der Waals surface area (Å²) in [5.74, 6) is -9.08. The van der Waals surface area contributed by atoms with Crippen molar-refractivity contribution in [2.75, 3.05) is 41.1 Å². The summed E-state index contributed by atoms with van der Waals surface area (Å²) in [6, 6.07) is -1.17. The predicted octanol–water partition coefficient (Wildman–Crippen LogP) is 9.38. The zero-order chi connectivity index (χ0) is 59.5. The number of carbonyl (C=O) groups is 6. The fourth-order valence-electron chi connectivity index (χ4n) is 11.9. The molecule has 0 radical (unpaired) electrons. The number of esters is 2. The van der Waals surface area contributed by atoms with E-state index in [0.29, 0.717) is 69.8 Å². The van der Waals surface area contributed by atoms with E-state index in [-0.39, 0.29) is 61.9 Å². The van der Waals surface area contributed by atoms with Gasteiger partial charge in [0.2, 0.25) is 5.79 Å². The van der Waals surface area contributed by atoms with Gasteiger partial charge in [0.1, 0.15) is 35.6 Å². The van der Waals surface area contributed by atoms with E-state index in [1.54, 1.807) is 48.8 Å². The minimum absolute atomic E-state index is 0.0263. The molecule has 2 bridgehead atoms. The highest BCUT2D eigenvalue weighted by Crippen LogP contribution is 2.40. The smallest absolute Gasteiger partial charge is 0.329 e. The molecule has 0 aromatic heterocycles. The van der Waals surface area contributed by atoms with Crippen LogP contribution in [0.1, 0.15) is 146 Å². The molecule has 4 aliphatic heterocycles. The number of fused-ring (bicyclic) bond motifs is 3. The molecule has 1 aliphatic carbocycles. The number of cyclic esters (lactones) is 1. The Labute approximate surface area is 478 Å². The van der Waals surface area contributed by atoms with Crippen molar-refractivity contribution in [2.24, 2.45) is 40.9 Å². The minimum Gasteiger partial charge on any atom is -0.460 e. The van der Waals surface area contributed by atoms with Gasteiger partial charge in [-0.1, -0.05) is 71.1 Å². The van der Waals surface area contributed by atoms with Crippen molar-refractivity contribution in [2.45, 2.75) is 226 Å². The molecule has 0 aromatic rings. The Kier molecular flexibility index (Phi) is 24.5. The molecule has 18 heteroatoms. The lowest BCUT2D eigenvalue weighted by Gasteiger charge is -2.43. The molecule has 452 valence electrons. The van der Waals surface area contributed by atoms with E-state index >= 15 is 0 Å². The second kappa shape index (κ2) is 29.2. The van der Waals surface area contributed by atoms with Crippen molar-refractivity contribution in [1.82, 2.24) is 4.90 Å². The molecule has 5 rings (SSSR count). The molecule has 0 aromatic carbocycles. The summed E-state index contributed by atoms with van der Waals surface area (Å²) in [5.41, 5.74) is 0.561. The Hall–Kier alpha value is -3.72. The molecule has 1 amide bonds. The third-order valence-corrected chi connectivity index (χ3v) is 18.1. The van der Waals surface area contributed by atoms with Crippen LogP contribution < -0.4 is 0 Å². The van der Waals surface area contributed by atoms with Gasteiger partial charge in [-0.3, -0.25) is 24.0 Å². The van der Waals surface area contributed by atoms with Crippen molar-refractivity contribution in [3.63, 3.8) is 0 Å². The van der Waals surface area contributed by atoms with Gasteiger partial charge in [-0.25, -0.2) is 4.79 Å². The van der Waals surface area contributed by atoms with E-state index in [0.717, 1.165) is 5.57 Å². The standard InChI is InChI=1S/C62H99NO16Si/c1-38-22-18-17-19-23-39(2)50(71-11)34-46-27-25-44(7)62(70,78-46)56(66)57(67)63-29-21-20-24-47(63)58(68)76-51(35-48(64)40(3)31-43(6)54(79-80(14,15)16)55(73-13)53(65)42(5)30-38)41(4)32-45-26-28-49(52(33-45)72-12)77-59(69)61(10)36-74-60(8,9)75-37-61/h17-19,22-23,31,38,40-42,44-47,49-52,54-55,70H,20-21,24-30,32-37H2,1-16H3/b19-17+,22-18+,39-23+,43-31+/t38-,40-,41-,42-,44-,45+,46+,47+,49-,50+,51+,52-,54+,55+,62-/m1/s1/i12+1. The maximum Gasteiger partial charge on any atom is 0.329 e. The van der Waals surface area contributed by atoms with Crippen LogP contribution in [0.25, 0.3) is 0 Å². The maximum absolute atomic E-state index is 14.8. The SMILES string of the molecule is CO[C@H]1C[C@@H]2CC[C@@H](C)[C@@](O)(O2)C(=O)C(=O)N2CCCC[C@H]2C(=O)O[C@H]([C@H](C)C[C@@H]2CC[C@@H](OC(=O)C3(C)COC(C)(C)OC3)[C@H](O[13CH3])C2)CC(=O)[C@H](C)/C=C(\C)[C@H](O[Si](C)(C)C)[C@@H](OC)C(=O)[C@H](C)C[C@H](C)/C=C/C=C/C=C/1C. The van der Waals surface area contributed by atoms with Crippen LogP contribution in [0.5, 0.6) is 0 Å².